The van der Waals surface area contributed by atoms with Crippen LogP contribution in [0.4, 0.5) is 0 Å². The van der Waals surface area contributed by atoms with Gasteiger partial charge in [-0.2, -0.15) is 0 Å². The standard InChI is InChI=1S/C18H17NO2S/c1-4-7-13(20)15-17(21)11(3)10(2)16-18(15)22-14-9-6-5-8-12(14)19-16/h5-6,8-9H,4,7H2,1-3H3. The van der Waals surface area contributed by atoms with E-state index < -0.39 is 0 Å². The molecule has 0 spiro atoms. The van der Waals surface area contributed by atoms with Crippen molar-refractivity contribution in [3.63, 3.8) is 0 Å². The molecule has 1 heterocycles. The number of benzene rings is 2. The second kappa shape index (κ2) is 5.61. The smallest absolute Gasteiger partial charge is 0.194 e. The molecule has 0 saturated carbocycles. The molecule has 0 N–H and O–H groups in total. The number of hydrogen-bond donors (Lipinski definition) is 0. The molecule has 2 aliphatic rings. The number of rotatable bonds is 3. The van der Waals surface area contributed by atoms with E-state index in [2.05, 4.69) is 0 Å². The fourth-order valence-electron chi connectivity index (χ4n) is 2.63. The molecule has 0 radical (unpaired) electrons. The first-order valence-electron chi connectivity index (χ1n) is 7.40. The fraction of sp³-hybridized carbons (Fsp3) is 0.278. The monoisotopic (exact) mass is 311 g/mol. The van der Waals surface area contributed by atoms with Crippen LogP contribution in [0.25, 0.3) is 20.8 Å². The van der Waals surface area contributed by atoms with E-state index in [4.69, 9.17) is 4.98 Å². The molecule has 0 amide bonds. The van der Waals surface area contributed by atoms with E-state index >= 15 is 0 Å². The van der Waals surface area contributed by atoms with Gasteiger partial charge in [-0.25, -0.2) is 4.98 Å². The van der Waals surface area contributed by atoms with Crippen LogP contribution in [0.2, 0.25) is 0 Å². The van der Waals surface area contributed by atoms with E-state index in [0.717, 1.165) is 32.8 Å². The highest BCUT2D eigenvalue weighted by Gasteiger charge is 2.24. The second-order valence-electron chi connectivity index (χ2n) is 5.49. The Bertz CT molecular complexity index is 911. The maximum atomic E-state index is 12.6. The van der Waals surface area contributed by atoms with Gasteiger partial charge in [0.15, 0.2) is 11.2 Å². The Morgan fingerprint density at radius 2 is 1.91 bits per heavy atom. The predicted molar refractivity (Wildman–Crippen MR) is 91.2 cm³/mol. The average molecular weight is 311 g/mol. The summed E-state index contributed by atoms with van der Waals surface area (Å²) in [6.07, 6.45) is 1.13. The number of fused-ring (bicyclic) bond motifs is 2. The first-order chi connectivity index (χ1) is 10.5. The van der Waals surface area contributed by atoms with Gasteiger partial charge in [0.05, 0.1) is 26.4 Å². The van der Waals surface area contributed by atoms with Gasteiger partial charge in [-0.15, -0.1) is 11.3 Å². The van der Waals surface area contributed by atoms with Crippen molar-refractivity contribution in [1.29, 1.82) is 0 Å². The van der Waals surface area contributed by atoms with E-state index in [1.165, 1.54) is 11.3 Å². The fourth-order valence-corrected chi connectivity index (χ4v) is 3.82. The minimum atomic E-state index is -0.142. The SMILES string of the molecule is CCCC(=O)c1c2sc3ccccc3nc-2c(C)c(C)c1=O. The quantitative estimate of drug-likeness (QED) is 0.533. The van der Waals surface area contributed by atoms with Gasteiger partial charge in [0.25, 0.3) is 0 Å². The Morgan fingerprint density at radius 1 is 1.18 bits per heavy atom. The Hall–Kier alpha value is -2.07. The lowest BCUT2D eigenvalue weighted by molar-refractivity contribution is 0.0981. The summed E-state index contributed by atoms with van der Waals surface area (Å²) in [5.41, 5.74) is 3.35. The van der Waals surface area contributed by atoms with Crippen molar-refractivity contribution in [2.24, 2.45) is 0 Å². The van der Waals surface area contributed by atoms with Crippen molar-refractivity contribution >= 4 is 27.3 Å². The lowest BCUT2D eigenvalue weighted by Gasteiger charge is -2.15. The highest BCUT2D eigenvalue weighted by molar-refractivity contribution is 7.21. The maximum absolute atomic E-state index is 12.6. The van der Waals surface area contributed by atoms with Crippen LogP contribution in [0.3, 0.4) is 0 Å². The molecule has 0 unspecified atom stereocenters. The lowest BCUT2D eigenvalue weighted by Crippen LogP contribution is -2.21. The number of ketones is 1. The normalized spacial score (nSPS) is 11.2. The van der Waals surface area contributed by atoms with Crippen molar-refractivity contribution in [2.45, 2.75) is 33.6 Å². The van der Waals surface area contributed by atoms with Crippen LogP contribution in [0, 0.1) is 13.8 Å². The summed E-state index contributed by atoms with van der Waals surface area (Å²) in [6.45, 7) is 5.63. The molecular formula is C18H17NO2S. The van der Waals surface area contributed by atoms with Crippen molar-refractivity contribution < 1.29 is 4.79 Å². The largest absolute Gasteiger partial charge is 0.294 e. The highest BCUT2D eigenvalue weighted by atomic mass is 32.1. The molecule has 1 aromatic carbocycles. The summed E-state index contributed by atoms with van der Waals surface area (Å²) >= 11 is 1.49. The predicted octanol–water partition coefficient (Wildman–Crippen LogP) is 4.36. The maximum Gasteiger partial charge on any atom is 0.194 e. The summed E-state index contributed by atoms with van der Waals surface area (Å²) in [5.74, 6) is -0.0751. The Balaban J connectivity index is 2.46. The number of para-hydroxylation sites is 1. The number of aromatic nitrogens is 1. The van der Waals surface area contributed by atoms with Crippen molar-refractivity contribution in [3.05, 3.63) is 51.2 Å². The third-order valence-electron chi connectivity index (χ3n) is 3.99. The first-order valence-corrected chi connectivity index (χ1v) is 8.22. The van der Waals surface area contributed by atoms with E-state index in [-0.39, 0.29) is 11.2 Å². The van der Waals surface area contributed by atoms with Gasteiger partial charge in [0.2, 0.25) is 0 Å². The van der Waals surface area contributed by atoms with Crippen molar-refractivity contribution in [2.75, 3.05) is 0 Å². The summed E-state index contributed by atoms with van der Waals surface area (Å²) in [5, 5.41) is 0. The third-order valence-corrected chi connectivity index (χ3v) is 5.16. The van der Waals surface area contributed by atoms with Gasteiger partial charge in [0.1, 0.15) is 0 Å². The molecule has 1 aromatic rings. The zero-order valence-electron chi connectivity index (χ0n) is 12.9. The van der Waals surface area contributed by atoms with E-state index in [1.54, 1.807) is 6.92 Å². The van der Waals surface area contributed by atoms with Crippen molar-refractivity contribution in [3.8, 4) is 10.6 Å². The molecule has 22 heavy (non-hydrogen) atoms. The number of nitrogens with zero attached hydrogens (tertiary/aromatic N) is 1. The van der Waals surface area contributed by atoms with Crippen LogP contribution in [0.15, 0.2) is 29.1 Å². The van der Waals surface area contributed by atoms with Crippen LogP contribution in [-0.4, -0.2) is 10.8 Å². The molecule has 112 valence electrons. The van der Waals surface area contributed by atoms with Crippen LogP contribution in [-0.2, 0) is 0 Å². The second-order valence-corrected chi connectivity index (χ2v) is 6.54. The van der Waals surface area contributed by atoms with E-state index in [0.29, 0.717) is 17.5 Å². The first kappa shape index (κ1) is 14.9. The van der Waals surface area contributed by atoms with Gasteiger partial charge in [-0.3, -0.25) is 9.59 Å². The van der Waals surface area contributed by atoms with Gasteiger partial charge in [-0.1, -0.05) is 19.1 Å². The molecule has 0 atom stereocenters. The number of carbonyl (C=O) groups excluding carboxylic acids is 1. The molecule has 0 saturated heterocycles. The number of carbonyl (C=O) groups is 1. The third kappa shape index (κ3) is 2.24. The average Bonchev–Trinajstić information content (AvgIpc) is 2.52. The highest BCUT2D eigenvalue weighted by Crippen LogP contribution is 2.35. The molecule has 0 aromatic heterocycles. The lowest BCUT2D eigenvalue weighted by atomic mass is 9.95. The van der Waals surface area contributed by atoms with Gasteiger partial charge < -0.3 is 0 Å². The molecule has 3 rings (SSSR count). The molecule has 0 bridgehead atoms. The number of hydrogen-bond acceptors (Lipinski definition) is 4. The summed E-state index contributed by atoms with van der Waals surface area (Å²) in [4.78, 5) is 30.5. The molecule has 0 fully saturated rings. The van der Waals surface area contributed by atoms with Crippen LogP contribution >= 0.6 is 11.3 Å². The van der Waals surface area contributed by atoms with Crippen LogP contribution < -0.4 is 5.43 Å². The molecule has 4 heteroatoms. The van der Waals surface area contributed by atoms with E-state index in [1.807, 2.05) is 38.1 Å². The zero-order chi connectivity index (χ0) is 15.9. The summed E-state index contributed by atoms with van der Waals surface area (Å²) < 4.78 is 0.989. The zero-order valence-corrected chi connectivity index (χ0v) is 13.7. The Morgan fingerprint density at radius 3 is 2.64 bits per heavy atom. The van der Waals surface area contributed by atoms with Gasteiger partial charge >= 0.3 is 0 Å². The topological polar surface area (TPSA) is 47.0 Å². The molecular weight excluding hydrogens is 294 g/mol. The number of Topliss-reactive ketones (excluding diaryl/α,β-unsaturated/α-hetero) is 1. The Kier molecular flexibility index (Phi) is 3.79. The molecule has 1 aliphatic carbocycles. The van der Waals surface area contributed by atoms with Crippen LogP contribution in [0.5, 0.6) is 0 Å². The summed E-state index contributed by atoms with van der Waals surface area (Å²) in [7, 11) is 0. The van der Waals surface area contributed by atoms with Gasteiger partial charge in [-0.05, 0) is 38.0 Å². The minimum Gasteiger partial charge on any atom is -0.294 e. The summed E-state index contributed by atoms with van der Waals surface area (Å²) in [6, 6.07) is 7.82. The van der Waals surface area contributed by atoms with Gasteiger partial charge in [0, 0.05) is 12.0 Å². The molecule has 1 aliphatic heterocycles. The minimum absolute atomic E-state index is 0.0751. The Labute approximate surface area is 133 Å². The van der Waals surface area contributed by atoms with Crippen LogP contribution in [0.1, 0.15) is 41.3 Å². The molecule has 3 nitrogen and oxygen atoms in total. The van der Waals surface area contributed by atoms with Crippen molar-refractivity contribution in [1.82, 2.24) is 4.98 Å². The van der Waals surface area contributed by atoms with E-state index in [9.17, 15) is 9.59 Å².